The third-order valence-corrected chi connectivity index (χ3v) is 7.64. The maximum Gasteiger partial charge on any atom is 0.231 e. The summed E-state index contributed by atoms with van der Waals surface area (Å²) in [6.45, 7) is 3.45. The number of benzene rings is 3. The van der Waals surface area contributed by atoms with Crippen molar-refractivity contribution in [2.75, 3.05) is 11.6 Å². The Morgan fingerprint density at radius 3 is 2.48 bits per heavy atom. The topological polar surface area (TPSA) is 58.0 Å². The molecular weight excluding hydrogens is 510 g/mol. The Morgan fingerprint density at radius 1 is 0.900 bits per heavy atom. The van der Waals surface area contributed by atoms with Crippen LogP contribution in [-0.4, -0.2) is 28.3 Å². The predicted octanol–water partition coefficient (Wildman–Crippen LogP) is 7.19. The van der Waals surface area contributed by atoms with E-state index in [2.05, 4.69) is 46.3 Å². The van der Waals surface area contributed by atoms with Crippen LogP contribution in [0.1, 0.15) is 28.9 Å². The summed E-state index contributed by atoms with van der Waals surface area (Å²) in [4.78, 5) is 7.07. The van der Waals surface area contributed by atoms with Gasteiger partial charge in [0.1, 0.15) is 29.3 Å². The standard InChI is InChI=1S/C32H26F2N4O2/c1-20-31(35-32(40-20)26-13-12-25(33)17-27(26)34)38-30(37-15-14-21-5-2-3-6-24(21)19-37)18-28(36-38)22-8-10-23(11-9-22)29-7-4-16-39-29/h2-13,16-17,30H,14-15,18-19H2,1H3. The third-order valence-electron chi connectivity index (χ3n) is 7.64. The zero-order valence-electron chi connectivity index (χ0n) is 21.8. The number of fused-ring (bicyclic) bond motifs is 1. The molecule has 2 aromatic heterocycles. The smallest absolute Gasteiger partial charge is 0.231 e. The number of anilines is 1. The van der Waals surface area contributed by atoms with E-state index in [9.17, 15) is 8.78 Å². The van der Waals surface area contributed by atoms with Crippen molar-refractivity contribution in [1.29, 1.82) is 0 Å². The van der Waals surface area contributed by atoms with Crippen molar-refractivity contribution >= 4 is 11.5 Å². The van der Waals surface area contributed by atoms with Gasteiger partial charge in [-0.25, -0.2) is 13.8 Å². The Kier molecular flexibility index (Phi) is 6.04. The first-order valence-corrected chi connectivity index (χ1v) is 13.3. The van der Waals surface area contributed by atoms with Crippen molar-refractivity contribution in [1.82, 2.24) is 9.88 Å². The molecule has 1 unspecified atom stereocenters. The maximum absolute atomic E-state index is 14.6. The molecule has 0 amide bonds. The molecule has 3 aromatic carbocycles. The number of furan rings is 1. The Balaban J connectivity index is 1.25. The Labute approximate surface area is 230 Å². The number of aryl methyl sites for hydroxylation is 1. The second-order valence-electron chi connectivity index (χ2n) is 10.1. The van der Waals surface area contributed by atoms with Crippen LogP contribution < -0.4 is 5.01 Å². The Bertz CT molecular complexity index is 1710. The first-order chi connectivity index (χ1) is 19.5. The molecule has 6 nitrogen and oxygen atoms in total. The zero-order chi connectivity index (χ0) is 27.2. The number of oxazole rings is 1. The fourth-order valence-corrected chi connectivity index (χ4v) is 5.57. The van der Waals surface area contributed by atoms with Gasteiger partial charge in [-0.1, -0.05) is 48.5 Å². The SMILES string of the molecule is Cc1oc(-c2ccc(F)cc2F)nc1N1N=C(c2ccc(-c3ccco3)cc2)CC1N1CCc2ccccc2C1. The minimum absolute atomic E-state index is 0.0965. The van der Waals surface area contributed by atoms with Crippen LogP contribution in [0, 0.1) is 18.6 Å². The summed E-state index contributed by atoms with van der Waals surface area (Å²) in [5.41, 5.74) is 5.70. The highest BCUT2D eigenvalue weighted by Gasteiger charge is 2.37. The molecule has 0 saturated heterocycles. The van der Waals surface area contributed by atoms with E-state index in [4.69, 9.17) is 13.9 Å². The highest BCUT2D eigenvalue weighted by Crippen LogP contribution is 2.36. The van der Waals surface area contributed by atoms with Crippen molar-refractivity contribution in [3.05, 3.63) is 119 Å². The average molecular weight is 537 g/mol. The fraction of sp³-hybridized carbons (Fsp3) is 0.188. The highest BCUT2D eigenvalue weighted by molar-refractivity contribution is 6.03. The van der Waals surface area contributed by atoms with Crippen molar-refractivity contribution in [3.8, 4) is 22.8 Å². The van der Waals surface area contributed by atoms with E-state index >= 15 is 0 Å². The monoisotopic (exact) mass is 536 g/mol. The van der Waals surface area contributed by atoms with Gasteiger partial charge in [0.2, 0.25) is 5.89 Å². The lowest BCUT2D eigenvalue weighted by Gasteiger charge is -2.36. The average Bonchev–Trinajstić information content (AvgIpc) is 3.73. The van der Waals surface area contributed by atoms with Crippen LogP contribution in [0.2, 0.25) is 0 Å². The normalized spacial score (nSPS) is 17.2. The number of halogens is 2. The number of nitrogens with zero attached hydrogens (tertiary/aromatic N) is 4. The largest absolute Gasteiger partial charge is 0.464 e. The molecule has 0 spiro atoms. The van der Waals surface area contributed by atoms with Crippen LogP contribution in [0.3, 0.4) is 0 Å². The van der Waals surface area contributed by atoms with E-state index in [1.807, 2.05) is 29.3 Å². The van der Waals surface area contributed by atoms with Gasteiger partial charge in [0, 0.05) is 31.1 Å². The first-order valence-electron chi connectivity index (χ1n) is 13.3. The summed E-state index contributed by atoms with van der Waals surface area (Å²) in [6, 6.07) is 23.9. The van der Waals surface area contributed by atoms with Gasteiger partial charge in [0.05, 0.1) is 17.5 Å². The summed E-state index contributed by atoms with van der Waals surface area (Å²) in [5, 5.41) is 6.94. The molecule has 1 atom stereocenters. The Hall–Kier alpha value is -4.56. The summed E-state index contributed by atoms with van der Waals surface area (Å²) in [6.07, 6.45) is 3.17. The first kappa shape index (κ1) is 24.5. The molecule has 0 bridgehead atoms. The van der Waals surface area contributed by atoms with E-state index in [1.165, 1.54) is 23.3 Å². The molecule has 0 saturated carbocycles. The van der Waals surface area contributed by atoms with Gasteiger partial charge < -0.3 is 8.83 Å². The molecule has 2 aliphatic heterocycles. The molecule has 200 valence electrons. The van der Waals surface area contributed by atoms with Crippen molar-refractivity contribution in [2.24, 2.45) is 5.10 Å². The van der Waals surface area contributed by atoms with Crippen LogP contribution in [0.4, 0.5) is 14.6 Å². The lowest BCUT2D eigenvalue weighted by molar-refractivity contribution is 0.183. The van der Waals surface area contributed by atoms with Gasteiger partial charge in [-0.05, 0) is 54.3 Å². The van der Waals surface area contributed by atoms with Crippen molar-refractivity contribution in [2.45, 2.75) is 32.5 Å². The molecule has 0 fully saturated rings. The fourth-order valence-electron chi connectivity index (χ4n) is 5.57. The summed E-state index contributed by atoms with van der Waals surface area (Å²) >= 11 is 0. The summed E-state index contributed by atoms with van der Waals surface area (Å²) < 4.78 is 39.6. The zero-order valence-corrected chi connectivity index (χ0v) is 21.8. The van der Waals surface area contributed by atoms with Gasteiger partial charge in [-0.15, -0.1) is 0 Å². The quantitative estimate of drug-likeness (QED) is 0.238. The van der Waals surface area contributed by atoms with Gasteiger partial charge >= 0.3 is 0 Å². The molecule has 40 heavy (non-hydrogen) atoms. The summed E-state index contributed by atoms with van der Waals surface area (Å²) in [5.74, 6) is 0.565. The summed E-state index contributed by atoms with van der Waals surface area (Å²) in [7, 11) is 0. The lowest BCUT2D eigenvalue weighted by atomic mass is 9.98. The van der Waals surface area contributed by atoms with E-state index in [0.29, 0.717) is 18.0 Å². The van der Waals surface area contributed by atoms with Crippen molar-refractivity contribution in [3.63, 3.8) is 0 Å². The molecule has 0 aliphatic carbocycles. The molecule has 7 rings (SSSR count). The number of hydrazone groups is 1. The second-order valence-corrected chi connectivity index (χ2v) is 10.1. The minimum Gasteiger partial charge on any atom is -0.464 e. The molecule has 4 heterocycles. The van der Waals surface area contributed by atoms with Crippen LogP contribution in [0.5, 0.6) is 0 Å². The predicted molar refractivity (Wildman–Crippen MR) is 149 cm³/mol. The number of aromatic nitrogens is 1. The van der Waals surface area contributed by atoms with Gasteiger partial charge in [-0.3, -0.25) is 4.90 Å². The maximum atomic E-state index is 14.6. The van der Waals surface area contributed by atoms with Crippen LogP contribution in [0.15, 0.2) is 99.1 Å². The minimum atomic E-state index is -0.723. The molecule has 0 N–H and O–H groups in total. The van der Waals surface area contributed by atoms with E-state index in [0.717, 1.165) is 48.2 Å². The van der Waals surface area contributed by atoms with E-state index < -0.39 is 11.6 Å². The molecule has 8 heteroatoms. The number of hydrogen-bond donors (Lipinski definition) is 0. The van der Waals surface area contributed by atoms with Crippen LogP contribution >= 0.6 is 0 Å². The van der Waals surface area contributed by atoms with Crippen LogP contribution in [-0.2, 0) is 13.0 Å². The molecular formula is C32H26F2N4O2. The van der Waals surface area contributed by atoms with Gasteiger partial charge in [0.15, 0.2) is 5.82 Å². The molecule has 5 aromatic rings. The lowest BCUT2D eigenvalue weighted by Crippen LogP contribution is -2.46. The van der Waals surface area contributed by atoms with Gasteiger partial charge in [-0.2, -0.15) is 10.1 Å². The molecule has 0 radical (unpaired) electrons. The van der Waals surface area contributed by atoms with Crippen LogP contribution in [0.25, 0.3) is 22.8 Å². The van der Waals surface area contributed by atoms with Crippen molar-refractivity contribution < 1.29 is 17.6 Å². The third kappa shape index (κ3) is 4.40. The number of hydrogen-bond acceptors (Lipinski definition) is 6. The van der Waals surface area contributed by atoms with E-state index in [-0.39, 0.29) is 17.6 Å². The molecule has 2 aliphatic rings. The number of rotatable bonds is 5. The second kappa shape index (κ2) is 9.88. The Morgan fingerprint density at radius 2 is 1.70 bits per heavy atom. The highest BCUT2D eigenvalue weighted by atomic mass is 19.1. The van der Waals surface area contributed by atoms with E-state index in [1.54, 1.807) is 13.2 Å². The van der Waals surface area contributed by atoms with Gasteiger partial charge in [0.25, 0.3) is 0 Å².